The fourth-order valence-corrected chi connectivity index (χ4v) is 0. The van der Waals surface area contributed by atoms with Crippen molar-refractivity contribution in [2.45, 2.75) is 0 Å². The normalized spacial score (nSPS) is 4.25. The Bertz CT molecular complexity index is 35.8. The van der Waals surface area contributed by atoms with Gasteiger partial charge in [0.05, 0.1) is 0 Å². The second kappa shape index (κ2) is 2.78. The van der Waals surface area contributed by atoms with Crippen molar-refractivity contribution in [1.29, 1.82) is 5.26 Å². The molecule has 0 aromatic rings. The Hall–Kier alpha value is -0.216. The zero-order chi connectivity index (χ0) is 3.41. The molecule has 2 nitrogen and oxygen atoms in total. The topological polar surface area (TPSA) is 35.8 Å². The van der Waals surface area contributed by atoms with Crippen molar-refractivity contribution in [2.24, 2.45) is 0 Å². The third-order valence-electron chi connectivity index (χ3n) is 0.0354. The molecule has 1 N–H and O–H groups in total. The molecule has 0 aliphatic carbocycles. The molecular formula is CHN2Ni. The van der Waals surface area contributed by atoms with Crippen molar-refractivity contribution in [3.05, 3.63) is 0 Å². The van der Waals surface area contributed by atoms with E-state index in [0.29, 0.717) is 0 Å². The summed E-state index contributed by atoms with van der Waals surface area (Å²) in [6.07, 6.45) is 1.51. The SMILES string of the molecule is N#C[NH][Ni]. The Kier molecular flexibility index (Phi) is 2.63. The van der Waals surface area contributed by atoms with E-state index in [9.17, 15) is 0 Å². The number of rotatable bonds is 0. The molecule has 0 unspecified atom stereocenters. The molecule has 0 rings (SSSR count). The van der Waals surface area contributed by atoms with Gasteiger partial charge in [-0.2, -0.15) is 0 Å². The summed E-state index contributed by atoms with van der Waals surface area (Å²) in [7, 11) is 0. The Balaban J connectivity index is 2.43. The van der Waals surface area contributed by atoms with Gasteiger partial charge in [-0.15, -0.1) is 0 Å². The second-order valence-corrected chi connectivity index (χ2v) is 0.438. The van der Waals surface area contributed by atoms with Crippen molar-refractivity contribution in [2.75, 3.05) is 0 Å². The molecule has 0 aliphatic rings. The van der Waals surface area contributed by atoms with Crippen LogP contribution in [0, 0.1) is 11.5 Å². The van der Waals surface area contributed by atoms with Crippen molar-refractivity contribution in [3.63, 3.8) is 0 Å². The van der Waals surface area contributed by atoms with Crippen LogP contribution in [-0.2, 0) is 15.7 Å². The maximum atomic E-state index is 7.42. The first-order chi connectivity index (χ1) is 1.91. The van der Waals surface area contributed by atoms with Crippen molar-refractivity contribution in [3.8, 4) is 6.19 Å². The average Bonchev–Trinajstić information content (AvgIpc) is 1.37. The fraction of sp³-hybridized carbons (Fsp3) is 0. The zero-order valence-electron chi connectivity index (χ0n) is 1.76. The maximum absolute atomic E-state index is 7.42. The third-order valence-corrected chi connectivity index (χ3v) is 0.146. The van der Waals surface area contributed by atoms with E-state index in [4.69, 9.17) is 5.26 Å². The standard InChI is InChI=1S/CHN2.Ni/c2-1-3;/h2H;/q-1;+1. The fourth-order valence-electron chi connectivity index (χ4n) is 0. The number of nitriles is 1. The van der Waals surface area contributed by atoms with Crippen LogP contribution in [-0.4, -0.2) is 0 Å². The minimum absolute atomic E-state index is 1.51. The summed E-state index contributed by atoms with van der Waals surface area (Å²) in [6, 6.07) is 0. The van der Waals surface area contributed by atoms with Gasteiger partial charge in [0, 0.05) is 0 Å². The monoisotopic (exact) mass is 98.9 g/mol. The Morgan fingerprint density at radius 2 is 2.25 bits per heavy atom. The van der Waals surface area contributed by atoms with Gasteiger partial charge < -0.3 is 0 Å². The molecule has 0 amide bonds. The van der Waals surface area contributed by atoms with Crippen LogP contribution in [0.2, 0.25) is 0 Å². The summed E-state index contributed by atoms with van der Waals surface area (Å²) < 4.78 is 1.86. The molecule has 25 valence electrons. The van der Waals surface area contributed by atoms with E-state index in [1.54, 1.807) is 0 Å². The van der Waals surface area contributed by atoms with E-state index < -0.39 is 0 Å². The summed E-state index contributed by atoms with van der Waals surface area (Å²) in [5, 5.41) is 7.42. The van der Waals surface area contributed by atoms with E-state index in [-0.39, 0.29) is 0 Å². The van der Waals surface area contributed by atoms with Crippen LogP contribution < -0.4 is 4.40 Å². The van der Waals surface area contributed by atoms with E-state index in [1.807, 2.05) is 4.40 Å². The van der Waals surface area contributed by atoms with E-state index in [2.05, 4.69) is 15.7 Å². The van der Waals surface area contributed by atoms with Gasteiger partial charge in [-0.1, -0.05) is 0 Å². The predicted octanol–water partition coefficient (Wildman–Crippen LogP) is -0.481. The van der Waals surface area contributed by atoms with Gasteiger partial charge in [0.1, 0.15) is 0 Å². The van der Waals surface area contributed by atoms with Crippen molar-refractivity contribution in [1.82, 2.24) is 4.40 Å². The Morgan fingerprint density at radius 1 is 2.00 bits per heavy atom. The summed E-state index contributed by atoms with van der Waals surface area (Å²) >= 11 is 3.70. The summed E-state index contributed by atoms with van der Waals surface area (Å²) in [5.74, 6) is 0. The van der Waals surface area contributed by atoms with Gasteiger partial charge in [0.2, 0.25) is 0 Å². The van der Waals surface area contributed by atoms with Crippen LogP contribution in [0.25, 0.3) is 0 Å². The summed E-state index contributed by atoms with van der Waals surface area (Å²) in [5.41, 5.74) is 0. The number of hydrogen-bond acceptors (Lipinski definition) is 2. The molecule has 0 atom stereocenters. The van der Waals surface area contributed by atoms with E-state index >= 15 is 0 Å². The number of hydrogen-bond donors (Lipinski definition) is 1. The molecule has 0 spiro atoms. The summed E-state index contributed by atoms with van der Waals surface area (Å²) in [6.45, 7) is 0. The average molecular weight is 99.7 g/mol. The van der Waals surface area contributed by atoms with Crippen molar-refractivity contribution < 1.29 is 15.7 Å². The van der Waals surface area contributed by atoms with Gasteiger partial charge >= 0.3 is 31.5 Å². The van der Waals surface area contributed by atoms with Gasteiger partial charge in [0.25, 0.3) is 0 Å². The van der Waals surface area contributed by atoms with Gasteiger partial charge in [-0.25, -0.2) is 0 Å². The van der Waals surface area contributed by atoms with Gasteiger partial charge in [-0.05, 0) is 0 Å². The molecular weight excluding hydrogens is 98.7 g/mol. The quantitative estimate of drug-likeness (QED) is 0.253. The minimum atomic E-state index is 1.51. The number of nitrogens with one attached hydrogen (secondary N) is 1. The zero-order valence-corrected chi connectivity index (χ0v) is 2.75. The molecule has 3 heteroatoms. The summed E-state index contributed by atoms with van der Waals surface area (Å²) in [4.78, 5) is 0. The molecule has 0 saturated carbocycles. The third kappa shape index (κ3) is 1.78. The molecule has 0 aromatic heterocycles. The van der Waals surface area contributed by atoms with E-state index in [1.165, 1.54) is 6.19 Å². The molecule has 4 heavy (non-hydrogen) atoms. The van der Waals surface area contributed by atoms with Gasteiger partial charge in [-0.3, -0.25) is 0 Å². The predicted molar refractivity (Wildman–Crippen MR) is 8.75 cm³/mol. The molecule has 0 radical (unpaired) electrons. The van der Waals surface area contributed by atoms with E-state index in [0.717, 1.165) is 0 Å². The van der Waals surface area contributed by atoms with Crippen LogP contribution >= 0.6 is 0 Å². The first-order valence-corrected chi connectivity index (χ1v) is 1.13. The Morgan fingerprint density at radius 3 is 2.25 bits per heavy atom. The van der Waals surface area contributed by atoms with Crippen LogP contribution in [0.3, 0.4) is 0 Å². The van der Waals surface area contributed by atoms with Crippen LogP contribution in [0.5, 0.6) is 0 Å². The second-order valence-electron chi connectivity index (χ2n) is 0.191. The Labute approximate surface area is 32.4 Å². The molecule has 0 aromatic carbocycles. The van der Waals surface area contributed by atoms with Gasteiger partial charge in [0.15, 0.2) is 0 Å². The number of nitrogens with zero attached hydrogens (tertiary/aromatic N) is 1. The van der Waals surface area contributed by atoms with Crippen molar-refractivity contribution >= 4 is 0 Å². The first kappa shape index (κ1) is 3.78. The molecule has 0 bridgehead atoms. The molecule has 0 heterocycles. The van der Waals surface area contributed by atoms with Crippen LogP contribution in [0.1, 0.15) is 0 Å². The molecule has 0 aliphatic heterocycles. The molecule has 0 fully saturated rings. The van der Waals surface area contributed by atoms with Crippen LogP contribution in [0.4, 0.5) is 0 Å². The molecule has 0 saturated heterocycles. The first-order valence-electron chi connectivity index (χ1n) is 0.632. The van der Waals surface area contributed by atoms with Crippen LogP contribution in [0.15, 0.2) is 0 Å².